The van der Waals surface area contributed by atoms with Gasteiger partial charge in [0.15, 0.2) is 0 Å². The van der Waals surface area contributed by atoms with E-state index in [4.69, 9.17) is 10.2 Å². The van der Waals surface area contributed by atoms with Gasteiger partial charge >= 0.3 is 0 Å². The minimum absolute atomic E-state index is 0.0139. The van der Waals surface area contributed by atoms with E-state index >= 15 is 0 Å². The first-order chi connectivity index (χ1) is 5.27. The summed E-state index contributed by atoms with van der Waals surface area (Å²) < 4.78 is 21.2. The quantitative estimate of drug-likeness (QED) is 0.651. The van der Waals surface area contributed by atoms with E-state index in [1.165, 1.54) is 0 Å². The maximum absolute atomic E-state index is 10.6. The third kappa shape index (κ3) is 6.57. The molecule has 0 aromatic heterocycles. The van der Waals surface area contributed by atoms with Crippen LogP contribution in [0.15, 0.2) is 0 Å². The maximum atomic E-state index is 10.6. The zero-order valence-corrected chi connectivity index (χ0v) is 8.39. The lowest BCUT2D eigenvalue weighted by atomic mass is 9.87. The van der Waals surface area contributed by atoms with Crippen LogP contribution in [0.1, 0.15) is 26.7 Å². The smallest absolute Gasteiger partial charge is 0.209 e. The molecule has 0 aromatic rings. The van der Waals surface area contributed by atoms with Crippen molar-refractivity contribution in [1.82, 2.24) is 0 Å². The van der Waals surface area contributed by atoms with E-state index in [9.17, 15) is 8.42 Å². The second kappa shape index (κ2) is 4.20. The largest absolute Gasteiger partial charge is 0.396 e. The number of sulfonamides is 1. The van der Waals surface area contributed by atoms with Crippen LogP contribution in [-0.4, -0.2) is 25.9 Å². The predicted molar refractivity (Wildman–Crippen MR) is 48.1 cm³/mol. The molecule has 0 heterocycles. The van der Waals surface area contributed by atoms with Gasteiger partial charge in [0.05, 0.1) is 5.75 Å². The molecule has 0 radical (unpaired) electrons. The lowest BCUT2D eigenvalue weighted by molar-refractivity contribution is 0.207. The van der Waals surface area contributed by atoms with Crippen LogP contribution in [0.5, 0.6) is 0 Å². The minimum atomic E-state index is -3.36. The Balaban J connectivity index is 3.92. The van der Waals surface area contributed by atoms with E-state index in [1.54, 1.807) is 0 Å². The van der Waals surface area contributed by atoms with Crippen LogP contribution in [0.4, 0.5) is 0 Å². The summed E-state index contributed by atoms with van der Waals surface area (Å²) >= 11 is 0. The third-order valence-electron chi connectivity index (χ3n) is 1.85. The van der Waals surface area contributed by atoms with Gasteiger partial charge in [-0.05, 0) is 18.3 Å². The molecule has 0 bridgehead atoms. The minimum Gasteiger partial charge on any atom is -0.396 e. The average molecular weight is 195 g/mol. The standard InChI is InChI=1S/C7H17NO3S/c1-7(2,3-5-9)4-6-12(8,10)11/h9H,3-6H2,1-2H3,(H2,8,10,11). The summed E-state index contributed by atoms with van der Waals surface area (Å²) in [5.41, 5.74) is -0.152. The molecule has 0 aliphatic carbocycles. The number of hydrogen-bond acceptors (Lipinski definition) is 3. The summed E-state index contributed by atoms with van der Waals surface area (Å²) in [6.45, 7) is 3.90. The van der Waals surface area contributed by atoms with Crippen LogP contribution in [-0.2, 0) is 10.0 Å². The maximum Gasteiger partial charge on any atom is 0.209 e. The molecule has 3 N–H and O–H groups in total. The van der Waals surface area contributed by atoms with Crippen LogP contribution < -0.4 is 5.14 Å². The van der Waals surface area contributed by atoms with Crippen molar-refractivity contribution in [2.75, 3.05) is 12.4 Å². The average Bonchev–Trinajstić information content (AvgIpc) is 1.83. The SMILES string of the molecule is CC(C)(CCO)CCS(N)(=O)=O. The number of primary sulfonamides is 1. The van der Waals surface area contributed by atoms with Gasteiger partial charge < -0.3 is 5.11 Å². The first-order valence-corrected chi connectivity index (χ1v) is 5.60. The highest BCUT2D eigenvalue weighted by Gasteiger charge is 2.19. The summed E-state index contributed by atoms with van der Waals surface area (Å²) in [6.07, 6.45) is 1.09. The van der Waals surface area contributed by atoms with Crippen LogP contribution in [0.3, 0.4) is 0 Å². The first-order valence-electron chi connectivity index (χ1n) is 3.88. The normalized spacial score (nSPS) is 13.3. The van der Waals surface area contributed by atoms with Crippen molar-refractivity contribution in [3.63, 3.8) is 0 Å². The van der Waals surface area contributed by atoms with Crippen molar-refractivity contribution in [2.45, 2.75) is 26.7 Å². The highest BCUT2D eigenvalue weighted by Crippen LogP contribution is 2.24. The second-order valence-electron chi connectivity index (χ2n) is 3.75. The van der Waals surface area contributed by atoms with Gasteiger partial charge in [-0.2, -0.15) is 0 Å². The molecular formula is C7H17NO3S. The van der Waals surface area contributed by atoms with E-state index in [1.807, 2.05) is 13.8 Å². The Labute approximate surface area is 73.8 Å². The number of rotatable bonds is 5. The second-order valence-corrected chi connectivity index (χ2v) is 5.49. The zero-order chi connectivity index (χ0) is 9.83. The van der Waals surface area contributed by atoms with Gasteiger partial charge in [0, 0.05) is 6.61 Å². The molecular weight excluding hydrogens is 178 g/mol. The molecule has 0 unspecified atom stereocenters. The van der Waals surface area contributed by atoms with E-state index in [2.05, 4.69) is 0 Å². The molecule has 0 aromatic carbocycles. The zero-order valence-electron chi connectivity index (χ0n) is 7.58. The van der Waals surface area contributed by atoms with Crippen LogP contribution in [0, 0.1) is 5.41 Å². The highest BCUT2D eigenvalue weighted by molar-refractivity contribution is 7.89. The number of nitrogens with two attached hydrogens (primary N) is 1. The van der Waals surface area contributed by atoms with Gasteiger partial charge in [-0.25, -0.2) is 13.6 Å². The number of aliphatic hydroxyl groups is 1. The van der Waals surface area contributed by atoms with Crippen molar-refractivity contribution in [3.8, 4) is 0 Å². The van der Waals surface area contributed by atoms with Gasteiger partial charge in [-0.15, -0.1) is 0 Å². The molecule has 5 heteroatoms. The lowest BCUT2D eigenvalue weighted by Gasteiger charge is -2.22. The summed E-state index contributed by atoms with van der Waals surface area (Å²) in [5, 5.41) is 13.5. The van der Waals surface area contributed by atoms with Crippen molar-refractivity contribution in [1.29, 1.82) is 0 Å². The molecule has 0 rings (SSSR count). The Kier molecular flexibility index (Phi) is 4.16. The molecule has 0 aliphatic heterocycles. The van der Waals surface area contributed by atoms with Crippen molar-refractivity contribution in [3.05, 3.63) is 0 Å². The predicted octanol–water partition coefficient (Wildman–Crippen LogP) is 0.0736. The van der Waals surface area contributed by atoms with Crippen LogP contribution >= 0.6 is 0 Å². The number of aliphatic hydroxyl groups excluding tert-OH is 1. The summed E-state index contributed by atoms with van der Waals surface area (Å²) in [4.78, 5) is 0. The summed E-state index contributed by atoms with van der Waals surface area (Å²) in [7, 11) is -3.36. The molecule has 0 aliphatic rings. The van der Waals surface area contributed by atoms with Gasteiger partial charge in [-0.3, -0.25) is 0 Å². The third-order valence-corrected chi connectivity index (χ3v) is 2.63. The summed E-state index contributed by atoms with van der Waals surface area (Å²) in [6, 6.07) is 0. The molecule has 0 atom stereocenters. The van der Waals surface area contributed by atoms with E-state index < -0.39 is 10.0 Å². The van der Waals surface area contributed by atoms with E-state index in [0.29, 0.717) is 12.8 Å². The fourth-order valence-corrected chi connectivity index (χ4v) is 1.68. The topological polar surface area (TPSA) is 80.4 Å². The lowest BCUT2D eigenvalue weighted by Crippen LogP contribution is -2.23. The molecule has 4 nitrogen and oxygen atoms in total. The highest BCUT2D eigenvalue weighted by atomic mass is 32.2. The van der Waals surface area contributed by atoms with Crippen molar-refractivity contribution >= 4 is 10.0 Å². The fraction of sp³-hybridized carbons (Fsp3) is 1.00. The molecule has 74 valence electrons. The van der Waals surface area contributed by atoms with E-state index in [0.717, 1.165) is 0 Å². The van der Waals surface area contributed by atoms with Crippen LogP contribution in [0.2, 0.25) is 0 Å². The van der Waals surface area contributed by atoms with E-state index in [-0.39, 0.29) is 17.8 Å². The Morgan fingerprint density at radius 2 is 1.83 bits per heavy atom. The Morgan fingerprint density at radius 3 is 2.17 bits per heavy atom. The Hall–Kier alpha value is -0.130. The van der Waals surface area contributed by atoms with Gasteiger partial charge in [0.2, 0.25) is 10.0 Å². The van der Waals surface area contributed by atoms with Gasteiger partial charge in [0.25, 0.3) is 0 Å². The summed E-state index contributed by atoms with van der Waals surface area (Å²) in [5.74, 6) is -0.0139. The Morgan fingerprint density at radius 1 is 1.33 bits per heavy atom. The number of hydrogen-bond donors (Lipinski definition) is 2. The van der Waals surface area contributed by atoms with Crippen molar-refractivity contribution in [2.24, 2.45) is 10.6 Å². The molecule has 0 saturated carbocycles. The first kappa shape index (κ1) is 11.9. The molecule has 0 saturated heterocycles. The fourth-order valence-electron chi connectivity index (χ4n) is 0.846. The Bertz CT molecular complexity index is 221. The molecule has 0 spiro atoms. The monoisotopic (exact) mass is 195 g/mol. The molecule has 0 fully saturated rings. The van der Waals surface area contributed by atoms with Crippen molar-refractivity contribution < 1.29 is 13.5 Å². The van der Waals surface area contributed by atoms with Gasteiger partial charge in [0.1, 0.15) is 0 Å². The van der Waals surface area contributed by atoms with Crippen LogP contribution in [0.25, 0.3) is 0 Å². The van der Waals surface area contributed by atoms with Gasteiger partial charge in [-0.1, -0.05) is 13.8 Å². The molecule has 0 amide bonds. The molecule has 12 heavy (non-hydrogen) atoms.